The average molecular weight is 273 g/mol. The number of rotatable bonds is 6. The molecule has 0 aliphatic carbocycles. The number of nitrogen functional groups attached to an aromatic ring is 1. The number of aryl methyl sites for hydroxylation is 1. The maximum Gasteiger partial charge on any atom is 0.187 e. The molecule has 0 spiro atoms. The molecular weight excluding hydrogens is 254 g/mol. The molecule has 2 aromatic rings. The molecule has 2 rings (SSSR count). The third-order valence-corrected chi connectivity index (χ3v) is 3.02. The number of unbranched alkanes of at least 4 members (excludes halogenated alkanes) is 2. The summed E-state index contributed by atoms with van der Waals surface area (Å²) in [5.74, 6) is 1.03. The number of nitrogens with two attached hydrogens (primary N) is 1. The first-order valence-corrected chi connectivity index (χ1v) is 6.76. The van der Waals surface area contributed by atoms with Gasteiger partial charge in [0.2, 0.25) is 0 Å². The molecule has 0 saturated carbocycles. The second kappa shape index (κ2) is 6.75. The minimum atomic E-state index is 0.0993. The number of nitrogens with zero attached hydrogens (tertiary/aromatic N) is 2. The number of aromatic nitrogens is 2. The van der Waals surface area contributed by atoms with Crippen LogP contribution < -0.4 is 10.5 Å². The molecule has 1 aromatic carbocycles. The van der Waals surface area contributed by atoms with Gasteiger partial charge in [-0.15, -0.1) is 0 Å². The second-order valence-corrected chi connectivity index (χ2v) is 4.63. The number of benzene rings is 1. The van der Waals surface area contributed by atoms with Gasteiger partial charge in [0.05, 0.1) is 6.20 Å². The fraction of sp³-hybridized carbons (Fsp3) is 0.333. The lowest BCUT2D eigenvalue weighted by molar-refractivity contribution is 0.410. The minimum absolute atomic E-state index is 0.0993. The third-order valence-electron chi connectivity index (χ3n) is 3.02. The van der Waals surface area contributed by atoms with E-state index in [1.807, 2.05) is 6.07 Å². The zero-order valence-electron chi connectivity index (χ0n) is 11.5. The van der Waals surface area contributed by atoms with E-state index >= 15 is 0 Å². The van der Waals surface area contributed by atoms with E-state index in [2.05, 4.69) is 16.9 Å². The van der Waals surface area contributed by atoms with Gasteiger partial charge < -0.3 is 15.6 Å². The molecular formula is C15H19N3O2. The summed E-state index contributed by atoms with van der Waals surface area (Å²) < 4.78 is 5.52. The standard InChI is InChI=1S/C15H19N3O2/c1-2-3-4-5-11-6-7-13(12(19)8-11)20-14-9-17-10-18-15(14)16/h6-10,19H,2-5H2,1H3,(H2,16,17,18). The van der Waals surface area contributed by atoms with E-state index in [9.17, 15) is 5.11 Å². The fourth-order valence-electron chi connectivity index (χ4n) is 1.91. The highest BCUT2D eigenvalue weighted by Crippen LogP contribution is 2.33. The van der Waals surface area contributed by atoms with Crippen LogP contribution in [0.2, 0.25) is 0 Å². The van der Waals surface area contributed by atoms with Crippen molar-refractivity contribution in [2.24, 2.45) is 0 Å². The SMILES string of the molecule is CCCCCc1ccc(Oc2cncnc2N)c(O)c1. The van der Waals surface area contributed by atoms with Gasteiger partial charge >= 0.3 is 0 Å². The summed E-state index contributed by atoms with van der Waals surface area (Å²) in [6.45, 7) is 2.17. The summed E-state index contributed by atoms with van der Waals surface area (Å²) >= 11 is 0. The summed E-state index contributed by atoms with van der Waals surface area (Å²) in [5.41, 5.74) is 6.77. The predicted octanol–water partition coefficient (Wildman–Crippen LogP) is 3.29. The average Bonchev–Trinajstić information content (AvgIpc) is 2.44. The molecule has 0 radical (unpaired) electrons. The molecule has 0 amide bonds. The number of hydrogen-bond acceptors (Lipinski definition) is 5. The number of ether oxygens (including phenoxy) is 1. The van der Waals surface area contributed by atoms with Crippen LogP contribution in [0.5, 0.6) is 17.2 Å². The van der Waals surface area contributed by atoms with Gasteiger partial charge in [0, 0.05) is 0 Å². The van der Waals surface area contributed by atoms with Gasteiger partial charge in [-0.05, 0) is 30.5 Å². The Morgan fingerprint density at radius 2 is 2.10 bits per heavy atom. The quantitative estimate of drug-likeness (QED) is 0.789. The number of hydrogen-bond donors (Lipinski definition) is 2. The van der Waals surface area contributed by atoms with E-state index in [0.29, 0.717) is 11.5 Å². The van der Waals surface area contributed by atoms with Gasteiger partial charge in [0.25, 0.3) is 0 Å². The van der Waals surface area contributed by atoms with Gasteiger partial charge in [-0.25, -0.2) is 9.97 Å². The van der Waals surface area contributed by atoms with Crippen LogP contribution in [0.3, 0.4) is 0 Å². The highest BCUT2D eigenvalue weighted by Gasteiger charge is 2.08. The second-order valence-electron chi connectivity index (χ2n) is 4.63. The maximum atomic E-state index is 9.99. The molecule has 3 N–H and O–H groups in total. The zero-order valence-corrected chi connectivity index (χ0v) is 11.5. The molecule has 1 aromatic heterocycles. The van der Waals surface area contributed by atoms with Gasteiger partial charge in [-0.3, -0.25) is 0 Å². The van der Waals surface area contributed by atoms with Crippen molar-refractivity contribution in [1.82, 2.24) is 9.97 Å². The summed E-state index contributed by atoms with van der Waals surface area (Å²) in [6, 6.07) is 5.42. The smallest absolute Gasteiger partial charge is 0.187 e. The lowest BCUT2D eigenvalue weighted by Crippen LogP contribution is -1.96. The summed E-state index contributed by atoms with van der Waals surface area (Å²) in [7, 11) is 0. The molecule has 0 fully saturated rings. The molecule has 0 aliphatic rings. The Balaban J connectivity index is 2.08. The third kappa shape index (κ3) is 3.60. The number of aromatic hydroxyl groups is 1. The Morgan fingerprint density at radius 3 is 2.80 bits per heavy atom. The van der Waals surface area contributed by atoms with Crippen LogP contribution in [0.1, 0.15) is 31.7 Å². The molecule has 5 nitrogen and oxygen atoms in total. The highest BCUT2D eigenvalue weighted by molar-refractivity contribution is 5.49. The fourth-order valence-corrected chi connectivity index (χ4v) is 1.91. The summed E-state index contributed by atoms with van der Waals surface area (Å²) in [6.07, 6.45) is 7.26. The van der Waals surface area contributed by atoms with Crippen molar-refractivity contribution in [3.63, 3.8) is 0 Å². The van der Waals surface area contributed by atoms with Crippen molar-refractivity contribution >= 4 is 5.82 Å². The Morgan fingerprint density at radius 1 is 1.25 bits per heavy atom. The lowest BCUT2D eigenvalue weighted by Gasteiger charge is -2.10. The Bertz CT molecular complexity index is 573. The molecule has 106 valence electrons. The minimum Gasteiger partial charge on any atom is -0.504 e. The summed E-state index contributed by atoms with van der Waals surface area (Å²) in [5, 5.41) is 9.99. The Kier molecular flexibility index (Phi) is 4.76. The van der Waals surface area contributed by atoms with Gasteiger partial charge in [-0.2, -0.15) is 0 Å². The van der Waals surface area contributed by atoms with Crippen LogP contribution in [0, 0.1) is 0 Å². The number of anilines is 1. The van der Waals surface area contributed by atoms with Crippen LogP contribution in [0.15, 0.2) is 30.7 Å². The first-order chi connectivity index (χ1) is 9.70. The molecule has 0 bridgehead atoms. The molecule has 0 saturated heterocycles. The van der Waals surface area contributed by atoms with Crippen LogP contribution in [-0.2, 0) is 6.42 Å². The molecule has 5 heteroatoms. The Hall–Kier alpha value is -2.30. The zero-order chi connectivity index (χ0) is 14.4. The van der Waals surface area contributed by atoms with Gasteiger partial charge in [-0.1, -0.05) is 25.8 Å². The van der Waals surface area contributed by atoms with Crippen LogP contribution in [-0.4, -0.2) is 15.1 Å². The van der Waals surface area contributed by atoms with E-state index in [1.165, 1.54) is 25.4 Å². The number of phenols is 1. The van der Waals surface area contributed by atoms with Crippen molar-refractivity contribution in [2.45, 2.75) is 32.6 Å². The van der Waals surface area contributed by atoms with Crippen molar-refractivity contribution in [1.29, 1.82) is 0 Å². The summed E-state index contributed by atoms with van der Waals surface area (Å²) in [4.78, 5) is 7.67. The first kappa shape index (κ1) is 14.1. The molecule has 20 heavy (non-hydrogen) atoms. The highest BCUT2D eigenvalue weighted by atomic mass is 16.5. The van der Waals surface area contributed by atoms with Crippen molar-refractivity contribution in [2.75, 3.05) is 5.73 Å². The van der Waals surface area contributed by atoms with Crippen LogP contribution in [0.4, 0.5) is 5.82 Å². The van der Waals surface area contributed by atoms with Gasteiger partial charge in [0.15, 0.2) is 23.1 Å². The molecule has 0 aliphatic heterocycles. The van der Waals surface area contributed by atoms with Crippen LogP contribution >= 0.6 is 0 Å². The van der Waals surface area contributed by atoms with Crippen LogP contribution in [0.25, 0.3) is 0 Å². The van der Waals surface area contributed by atoms with Crippen molar-refractivity contribution in [3.8, 4) is 17.2 Å². The van der Waals surface area contributed by atoms with Crippen molar-refractivity contribution in [3.05, 3.63) is 36.3 Å². The van der Waals surface area contributed by atoms with E-state index in [-0.39, 0.29) is 11.6 Å². The monoisotopic (exact) mass is 273 g/mol. The van der Waals surface area contributed by atoms with E-state index in [1.54, 1.807) is 12.1 Å². The molecule has 0 unspecified atom stereocenters. The predicted molar refractivity (Wildman–Crippen MR) is 77.9 cm³/mol. The lowest BCUT2D eigenvalue weighted by atomic mass is 10.1. The van der Waals surface area contributed by atoms with E-state index in [4.69, 9.17) is 10.5 Å². The van der Waals surface area contributed by atoms with Crippen molar-refractivity contribution < 1.29 is 9.84 Å². The first-order valence-electron chi connectivity index (χ1n) is 6.76. The molecule has 1 heterocycles. The van der Waals surface area contributed by atoms with Gasteiger partial charge in [0.1, 0.15) is 6.33 Å². The Labute approximate surface area is 118 Å². The maximum absolute atomic E-state index is 9.99. The normalized spacial score (nSPS) is 10.4. The van der Waals surface area contributed by atoms with E-state index in [0.717, 1.165) is 18.4 Å². The number of phenolic OH excluding ortho intramolecular Hbond substituents is 1. The van der Waals surface area contributed by atoms with E-state index < -0.39 is 0 Å². The largest absolute Gasteiger partial charge is 0.504 e. The topological polar surface area (TPSA) is 81.3 Å². The molecule has 0 atom stereocenters.